The first-order valence-corrected chi connectivity index (χ1v) is 8.84. The van der Waals surface area contributed by atoms with E-state index in [2.05, 4.69) is 32.7 Å². The van der Waals surface area contributed by atoms with Crippen LogP contribution in [-0.4, -0.2) is 37.7 Å². The predicted molar refractivity (Wildman–Crippen MR) is 103 cm³/mol. The van der Waals surface area contributed by atoms with E-state index in [1.807, 2.05) is 42.6 Å². The molecule has 0 aliphatic rings. The van der Waals surface area contributed by atoms with Crippen LogP contribution < -0.4 is 10.6 Å². The van der Waals surface area contributed by atoms with Gasteiger partial charge >= 0.3 is 0 Å². The summed E-state index contributed by atoms with van der Waals surface area (Å²) < 4.78 is 5.69. The molecule has 0 aliphatic heterocycles. The zero-order valence-electron chi connectivity index (χ0n) is 14.9. The van der Waals surface area contributed by atoms with Gasteiger partial charge in [-0.15, -0.1) is 0 Å². The number of ether oxygens (including phenoxy) is 1. The predicted octanol–water partition coefficient (Wildman–Crippen LogP) is 2.79. The van der Waals surface area contributed by atoms with Gasteiger partial charge in [0, 0.05) is 45.1 Å². The van der Waals surface area contributed by atoms with E-state index < -0.39 is 0 Å². The van der Waals surface area contributed by atoms with Crippen LogP contribution in [0.15, 0.2) is 59.7 Å². The highest BCUT2D eigenvalue weighted by Gasteiger charge is 1.98. The van der Waals surface area contributed by atoms with E-state index >= 15 is 0 Å². The fraction of sp³-hybridized carbons (Fsp3) is 0.400. The Bertz CT molecular complexity index is 602. The molecular formula is C20H28N4O. The zero-order valence-corrected chi connectivity index (χ0v) is 14.9. The molecule has 0 bridgehead atoms. The number of benzene rings is 1. The summed E-state index contributed by atoms with van der Waals surface area (Å²) in [6.07, 6.45) is 4.79. The molecule has 5 heteroatoms. The molecule has 2 rings (SSSR count). The van der Waals surface area contributed by atoms with Gasteiger partial charge in [-0.05, 0) is 30.5 Å². The van der Waals surface area contributed by atoms with Crippen molar-refractivity contribution in [2.45, 2.75) is 25.9 Å². The van der Waals surface area contributed by atoms with Crippen molar-refractivity contribution in [2.75, 3.05) is 26.7 Å². The number of hydrogen-bond acceptors (Lipinski definition) is 3. The average Bonchev–Trinajstić information content (AvgIpc) is 2.67. The van der Waals surface area contributed by atoms with Gasteiger partial charge in [0.2, 0.25) is 0 Å². The fourth-order valence-corrected chi connectivity index (χ4v) is 2.38. The molecule has 0 amide bonds. The molecular weight excluding hydrogens is 312 g/mol. The van der Waals surface area contributed by atoms with Crippen molar-refractivity contribution in [3.8, 4) is 0 Å². The van der Waals surface area contributed by atoms with Crippen molar-refractivity contribution in [3.05, 3.63) is 66.0 Å². The Balaban J connectivity index is 1.48. The summed E-state index contributed by atoms with van der Waals surface area (Å²) >= 11 is 0. The molecule has 25 heavy (non-hydrogen) atoms. The smallest absolute Gasteiger partial charge is 0.190 e. The SMILES string of the molecule is CN=C(NCCCCOCc1ccccc1)NCCc1ccccn1. The normalized spacial score (nSPS) is 11.3. The van der Waals surface area contributed by atoms with Crippen molar-refractivity contribution in [3.63, 3.8) is 0 Å². The van der Waals surface area contributed by atoms with Crippen molar-refractivity contribution in [2.24, 2.45) is 4.99 Å². The Labute approximate surface area is 150 Å². The summed E-state index contributed by atoms with van der Waals surface area (Å²) in [5.41, 5.74) is 2.30. The van der Waals surface area contributed by atoms with Crippen LogP contribution in [0.1, 0.15) is 24.1 Å². The molecule has 2 N–H and O–H groups in total. The molecule has 0 atom stereocenters. The highest BCUT2D eigenvalue weighted by Crippen LogP contribution is 2.01. The maximum absolute atomic E-state index is 5.69. The van der Waals surface area contributed by atoms with E-state index in [1.165, 1.54) is 5.56 Å². The van der Waals surface area contributed by atoms with E-state index in [9.17, 15) is 0 Å². The molecule has 0 spiro atoms. The molecule has 134 valence electrons. The van der Waals surface area contributed by atoms with Gasteiger partial charge in [-0.25, -0.2) is 0 Å². The first-order valence-electron chi connectivity index (χ1n) is 8.84. The average molecular weight is 340 g/mol. The minimum absolute atomic E-state index is 0.686. The first-order chi connectivity index (χ1) is 12.4. The van der Waals surface area contributed by atoms with E-state index in [-0.39, 0.29) is 0 Å². The molecule has 0 fully saturated rings. The second-order valence-electron chi connectivity index (χ2n) is 5.74. The highest BCUT2D eigenvalue weighted by atomic mass is 16.5. The Morgan fingerprint density at radius 1 is 1.00 bits per heavy atom. The van der Waals surface area contributed by atoms with E-state index in [1.54, 1.807) is 7.05 Å². The Morgan fingerprint density at radius 3 is 2.56 bits per heavy atom. The summed E-state index contributed by atoms with van der Waals surface area (Å²) in [5.74, 6) is 0.834. The minimum atomic E-state index is 0.686. The fourth-order valence-electron chi connectivity index (χ4n) is 2.38. The lowest BCUT2D eigenvalue weighted by Gasteiger charge is -2.11. The molecule has 1 aromatic carbocycles. The Kier molecular flexibility index (Phi) is 9.11. The van der Waals surface area contributed by atoms with Gasteiger partial charge in [-0.3, -0.25) is 9.98 Å². The summed E-state index contributed by atoms with van der Waals surface area (Å²) in [6.45, 7) is 3.17. The lowest BCUT2D eigenvalue weighted by Crippen LogP contribution is -2.38. The van der Waals surface area contributed by atoms with E-state index in [0.29, 0.717) is 6.61 Å². The number of pyridine rings is 1. The van der Waals surface area contributed by atoms with Crippen LogP contribution in [0.25, 0.3) is 0 Å². The quantitative estimate of drug-likeness (QED) is 0.397. The molecule has 5 nitrogen and oxygen atoms in total. The zero-order chi connectivity index (χ0) is 17.6. The van der Waals surface area contributed by atoms with Crippen LogP contribution in [0.4, 0.5) is 0 Å². The van der Waals surface area contributed by atoms with Crippen molar-refractivity contribution >= 4 is 5.96 Å². The van der Waals surface area contributed by atoms with Crippen LogP contribution >= 0.6 is 0 Å². The van der Waals surface area contributed by atoms with Gasteiger partial charge in [-0.2, -0.15) is 0 Å². The van der Waals surface area contributed by atoms with Gasteiger partial charge in [0.15, 0.2) is 5.96 Å². The highest BCUT2D eigenvalue weighted by molar-refractivity contribution is 5.79. The van der Waals surface area contributed by atoms with Crippen LogP contribution in [0.2, 0.25) is 0 Å². The van der Waals surface area contributed by atoms with Crippen LogP contribution in [0, 0.1) is 0 Å². The number of guanidine groups is 1. The second kappa shape index (κ2) is 12.0. The lowest BCUT2D eigenvalue weighted by molar-refractivity contribution is 0.117. The molecule has 2 aromatic rings. The largest absolute Gasteiger partial charge is 0.377 e. The monoisotopic (exact) mass is 340 g/mol. The summed E-state index contributed by atoms with van der Waals surface area (Å²) in [7, 11) is 1.79. The van der Waals surface area contributed by atoms with Crippen molar-refractivity contribution < 1.29 is 4.74 Å². The maximum atomic E-state index is 5.69. The van der Waals surface area contributed by atoms with Gasteiger partial charge in [0.1, 0.15) is 0 Å². The summed E-state index contributed by atoms with van der Waals surface area (Å²) in [5, 5.41) is 6.64. The Morgan fingerprint density at radius 2 is 1.80 bits per heavy atom. The van der Waals surface area contributed by atoms with Crippen LogP contribution in [-0.2, 0) is 17.8 Å². The lowest BCUT2D eigenvalue weighted by atomic mass is 10.2. The Hall–Kier alpha value is -2.40. The maximum Gasteiger partial charge on any atom is 0.190 e. The molecule has 0 saturated carbocycles. The van der Waals surface area contributed by atoms with Crippen LogP contribution in [0.5, 0.6) is 0 Å². The first kappa shape index (κ1) is 18.9. The van der Waals surface area contributed by atoms with Gasteiger partial charge < -0.3 is 15.4 Å². The molecule has 1 aromatic heterocycles. The molecule has 0 radical (unpaired) electrons. The third kappa shape index (κ3) is 8.31. The molecule has 0 unspecified atom stereocenters. The number of aliphatic imine (C=N–C) groups is 1. The van der Waals surface area contributed by atoms with Crippen molar-refractivity contribution in [1.29, 1.82) is 0 Å². The number of hydrogen-bond donors (Lipinski definition) is 2. The summed E-state index contributed by atoms with van der Waals surface area (Å²) in [6, 6.07) is 16.2. The van der Waals surface area contributed by atoms with Crippen molar-refractivity contribution in [1.82, 2.24) is 15.6 Å². The number of aromatic nitrogens is 1. The number of nitrogens with one attached hydrogen (secondary N) is 2. The van der Waals surface area contributed by atoms with Gasteiger partial charge in [0.05, 0.1) is 6.61 Å². The van der Waals surface area contributed by atoms with Gasteiger partial charge in [-0.1, -0.05) is 36.4 Å². The van der Waals surface area contributed by atoms with Gasteiger partial charge in [0.25, 0.3) is 0 Å². The topological polar surface area (TPSA) is 58.5 Å². The molecule has 0 saturated heterocycles. The van der Waals surface area contributed by atoms with E-state index in [0.717, 1.165) is 50.6 Å². The third-order valence-electron chi connectivity index (χ3n) is 3.74. The number of nitrogens with zero attached hydrogens (tertiary/aromatic N) is 2. The minimum Gasteiger partial charge on any atom is -0.377 e. The standard InChI is InChI=1S/C20H28N4O/c1-21-20(24-15-12-19-11-5-6-13-22-19)23-14-7-8-16-25-17-18-9-3-2-4-10-18/h2-6,9-11,13H,7-8,12,14-17H2,1H3,(H2,21,23,24). The third-order valence-corrected chi connectivity index (χ3v) is 3.74. The van der Waals surface area contributed by atoms with Crippen LogP contribution in [0.3, 0.4) is 0 Å². The molecule has 0 aliphatic carbocycles. The number of unbranched alkanes of at least 4 members (excludes halogenated alkanes) is 1. The molecule has 1 heterocycles. The summed E-state index contributed by atoms with van der Waals surface area (Å²) in [4.78, 5) is 8.55. The van der Waals surface area contributed by atoms with E-state index in [4.69, 9.17) is 4.74 Å². The second-order valence-corrected chi connectivity index (χ2v) is 5.74. The number of rotatable bonds is 10.